The van der Waals surface area contributed by atoms with Gasteiger partial charge in [-0.1, -0.05) is 54.6 Å². The minimum Gasteiger partial charge on any atom is -0.480 e. The number of likely N-dealkylation sites (tertiary alicyclic amines) is 1. The number of aromatic nitrogens is 1. The van der Waals surface area contributed by atoms with Gasteiger partial charge in [-0.15, -0.1) is 0 Å². The lowest BCUT2D eigenvalue weighted by atomic mass is 9.84. The van der Waals surface area contributed by atoms with Crippen LogP contribution in [0.25, 0.3) is 11.1 Å². The normalized spacial score (nSPS) is 16.8. The first-order chi connectivity index (χ1) is 18.0. The molecule has 2 heterocycles. The minimum atomic E-state index is -1.01. The highest BCUT2D eigenvalue weighted by atomic mass is 79.9. The van der Waals surface area contributed by atoms with E-state index in [0.29, 0.717) is 43.4 Å². The first kappa shape index (κ1) is 25.4. The SMILES string of the molecule is O=C(O)COC1(c2cccnc2Br)CCCN(C(=O)OCC2c3ccccc3-c3ccccc32)CCC1. The van der Waals surface area contributed by atoms with Crippen LogP contribution in [0.3, 0.4) is 0 Å². The number of rotatable bonds is 6. The molecule has 0 unspecified atom stereocenters. The Bertz CT molecular complexity index is 1240. The van der Waals surface area contributed by atoms with Gasteiger partial charge >= 0.3 is 12.1 Å². The number of hydrogen-bond donors (Lipinski definition) is 1. The van der Waals surface area contributed by atoms with E-state index in [1.54, 1.807) is 11.1 Å². The lowest BCUT2D eigenvalue weighted by Gasteiger charge is -2.38. The summed E-state index contributed by atoms with van der Waals surface area (Å²) in [4.78, 5) is 30.5. The number of hydrogen-bond acceptors (Lipinski definition) is 5. The predicted molar refractivity (Wildman–Crippen MR) is 142 cm³/mol. The van der Waals surface area contributed by atoms with Crippen molar-refractivity contribution in [3.8, 4) is 11.1 Å². The maximum absolute atomic E-state index is 13.1. The molecular formula is C29H29BrN2O5. The Kier molecular flexibility index (Phi) is 7.58. The van der Waals surface area contributed by atoms with Crippen molar-refractivity contribution in [3.63, 3.8) is 0 Å². The van der Waals surface area contributed by atoms with Crippen LogP contribution in [-0.2, 0) is 19.9 Å². The fraction of sp³-hybridized carbons (Fsp3) is 0.345. The first-order valence-corrected chi connectivity index (χ1v) is 13.3. The second-order valence-electron chi connectivity index (χ2n) is 9.52. The topological polar surface area (TPSA) is 89.0 Å². The van der Waals surface area contributed by atoms with Gasteiger partial charge in [0, 0.05) is 30.8 Å². The number of carbonyl (C=O) groups excluding carboxylic acids is 1. The maximum Gasteiger partial charge on any atom is 0.409 e. The van der Waals surface area contributed by atoms with Crippen molar-refractivity contribution >= 4 is 28.0 Å². The standard InChI is InChI=1S/C29H29BrN2O5/c30-27-25(12-5-15-31-27)29(37-19-26(33)34)13-6-16-32(17-7-14-29)28(35)36-18-24-22-10-3-1-8-20(22)21-9-2-4-11-23(21)24/h1-5,8-12,15,24H,6-7,13-14,16-19H2,(H,33,34). The van der Waals surface area contributed by atoms with Gasteiger partial charge in [-0.25, -0.2) is 14.6 Å². The molecule has 0 atom stereocenters. The summed E-state index contributed by atoms with van der Waals surface area (Å²) in [5.74, 6) is -0.993. The summed E-state index contributed by atoms with van der Waals surface area (Å²) in [7, 11) is 0. The molecule has 1 aromatic heterocycles. The Hall–Kier alpha value is -3.23. The summed E-state index contributed by atoms with van der Waals surface area (Å²) in [5, 5.41) is 9.27. The Morgan fingerprint density at radius 1 is 0.973 bits per heavy atom. The number of nitrogens with zero attached hydrogens (tertiary/aromatic N) is 2. The third kappa shape index (κ3) is 5.26. The third-order valence-electron chi connectivity index (χ3n) is 7.33. The molecule has 0 spiro atoms. The van der Waals surface area contributed by atoms with Crippen molar-refractivity contribution in [1.82, 2.24) is 9.88 Å². The van der Waals surface area contributed by atoms with Crippen LogP contribution < -0.4 is 0 Å². The van der Waals surface area contributed by atoms with Gasteiger partial charge < -0.3 is 19.5 Å². The maximum atomic E-state index is 13.1. The highest BCUT2D eigenvalue weighted by Crippen LogP contribution is 2.45. The Labute approximate surface area is 224 Å². The fourth-order valence-electron chi connectivity index (χ4n) is 5.63. The Morgan fingerprint density at radius 3 is 2.19 bits per heavy atom. The largest absolute Gasteiger partial charge is 0.480 e. The zero-order valence-corrected chi connectivity index (χ0v) is 22.0. The molecule has 1 aliphatic heterocycles. The highest BCUT2D eigenvalue weighted by Gasteiger charge is 2.38. The number of carbonyl (C=O) groups is 2. The summed E-state index contributed by atoms with van der Waals surface area (Å²) in [6.07, 6.45) is 3.79. The number of pyridine rings is 1. The molecule has 1 aliphatic carbocycles. The molecule has 5 rings (SSSR count). The van der Waals surface area contributed by atoms with Crippen molar-refractivity contribution in [2.24, 2.45) is 0 Å². The number of carboxylic acid groups (broad SMARTS) is 1. The molecule has 0 saturated carbocycles. The highest BCUT2D eigenvalue weighted by molar-refractivity contribution is 9.10. The molecule has 2 aliphatic rings. The Morgan fingerprint density at radius 2 is 1.59 bits per heavy atom. The van der Waals surface area contributed by atoms with Crippen LogP contribution in [0.15, 0.2) is 71.5 Å². The van der Waals surface area contributed by atoms with Crippen LogP contribution >= 0.6 is 15.9 Å². The van der Waals surface area contributed by atoms with E-state index in [2.05, 4.69) is 45.2 Å². The van der Waals surface area contributed by atoms with E-state index in [1.165, 1.54) is 22.3 Å². The van der Waals surface area contributed by atoms with Crippen molar-refractivity contribution < 1.29 is 24.2 Å². The molecule has 1 N–H and O–H groups in total. The smallest absolute Gasteiger partial charge is 0.409 e. The number of aliphatic carboxylic acids is 1. The van der Waals surface area contributed by atoms with E-state index in [1.807, 2.05) is 36.4 Å². The molecule has 1 amide bonds. The van der Waals surface area contributed by atoms with E-state index in [0.717, 1.165) is 5.56 Å². The van der Waals surface area contributed by atoms with Gasteiger partial charge in [-0.05, 0) is 69.9 Å². The monoisotopic (exact) mass is 564 g/mol. The average molecular weight is 565 g/mol. The molecular weight excluding hydrogens is 536 g/mol. The van der Waals surface area contributed by atoms with Gasteiger partial charge in [0.25, 0.3) is 0 Å². The zero-order valence-electron chi connectivity index (χ0n) is 20.4. The summed E-state index contributed by atoms with van der Waals surface area (Å²) in [5.41, 5.74) is 4.83. The molecule has 0 bridgehead atoms. The zero-order chi connectivity index (χ0) is 25.8. The summed E-state index contributed by atoms with van der Waals surface area (Å²) < 4.78 is 12.5. The van der Waals surface area contributed by atoms with Crippen LogP contribution in [0, 0.1) is 0 Å². The van der Waals surface area contributed by atoms with Gasteiger partial charge in [0.1, 0.15) is 17.8 Å². The molecule has 1 fully saturated rings. The first-order valence-electron chi connectivity index (χ1n) is 12.6. The number of fused-ring (bicyclic) bond motifs is 3. The molecule has 1 saturated heterocycles. The fourth-order valence-corrected chi connectivity index (χ4v) is 6.24. The van der Waals surface area contributed by atoms with Gasteiger partial charge in [0.05, 0.1) is 5.60 Å². The van der Waals surface area contributed by atoms with E-state index in [9.17, 15) is 14.7 Å². The number of carboxylic acids is 1. The molecule has 8 heteroatoms. The second-order valence-corrected chi connectivity index (χ2v) is 10.3. The molecule has 7 nitrogen and oxygen atoms in total. The van der Waals surface area contributed by atoms with Gasteiger partial charge in [-0.2, -0.15) is 0 Å². The van der Waals surface area contributed by atoms with Crippen LogP contribution in [-0.4, -0.2) is 53.4 Å². The Balaban J connectivity index is 1.25. The number of ether oxygens (including phenoxy) is 2. The van der Waals surface area contributed by atoms with Crippen LogP contribution in [0.1, 0.15) is 48.3 Å². The quantitative estimate of drug-likeness (QED) is 0.371. The minimum absolute atomic E-state index is 0.0195. The van der Waals surface area contributed by atoms with Crippen LogP contribution in [0.4, 0.5) is 4.79 Å². The van der Waals surface area contributed by atoms with Crippen LogP contribution in [0.5, 0.6) is 0 Å². The van der Waals surface area contributed by atoms with Crippen molar-refractivity contribution in [2.45, 2.75) is 37.2 Å². The molecule has 3 aromatic rings. The summed E-state index contributed by atoms with van der Waals surface area (Å²) >= 11 is 3.51. The summed E-state index contributed by atoms with van der Waals surface area (Å²) in [6, 6.07) is 20.3. The predicted octanol–water partition coefficient (Wildman–Crippen LogP) is 5.97. The lowest BCUT2D eigenvalue weighted by Crippen LogP contribution is -2.40. The van der Waals surface area contributed by atoms with Crippen molar-refractivity contribution in [3.05, 3.63) is 88.2 Å². The third-order valence-corrected chi connectivity index (χ3v) is 7.97. The number of benzene rings is 2. The van der Waals surface area contributed by atoms with Crippen molar-refractivity contribution in [2.75, 3.05) is 26.3 Å². The molecule has 2 aromatic carbocycles. The van der Waals surface area contributed by atoms with E-state index in [4.69, 9.17) is 9.47 Å². The van der Waals surface area contributed by atoms with Gasteiger partial charge in [0.2, 0.25) is 0 Å². The second kappa shape index (κ2) is 11.0. The number of amides is 1. The van der Waals surface area contributed by atoms with E-state index in [-0.39, 0.29) is 18.6 Å². The van der Waals surface area contributed by atoms with E-state index < -0.39 is 18.2 Å². The van der Waals surface area contributed by atoms with Gasteiger partial charge in [-0.3, -0.25) is 0 Å². The molecule has 37 heavy (non-hydrogen) atoms. The molecule has 0 radical (unpaired) electrons. The average Bonchev–Trinajstić information content (AvgIpc) is 3.21. The summed E-state index contributed by atoms with van der Waals surface area (Å²) in [6.45, 7) is 0.911. The molecule has 192 valence electrons. The number of halogens is 1. The lowest BCUT2D eigenvalue weighted by molar-refractivity contribution is -0.153. The van der Waals surface area contributed by atoms with E-state index >= 15 is 0 Å². The van der Waals surface area contributed by atoms with Gasteiger partial charge in [0.15, 0.2) is 0 Å². The van der Waals surface area contributed by atoms with Crippen LogP contribution in [0.2, 0.25) is 0 Å². The van der Waals surface area contributed by atoms with Crippen molar-refractivity contribution in [1.29, 1.82) is 0 Å².